The molecule has 0 aromatic carbocycles. The summed E-state index contributed by atoms with van der Waals surface area (Å²) < 4.78 is 29.2. The fourth-order valence-electron chi connectivity index (χ4n) is 1.61. The second kappa shape index (κ2) is 6.19. The van der Waals surface area contributed by atoms with Gasteiger partial charge in [-0.3, -0.25) is 0 Å². The van der Waals surface area contributed by atoms with E-state index in [9.17, 15) is 8.42 Å². The van der Waals surface area contributed by atoms with Gasteiger partial charge in [0.1, 0.15) is 9.84 Å². The molecule has 0 bridgehead atoms. The number of rotatable bonds is 7. The van der Waals surface area contributed by atoms with Crippen molar-refractivity contribution >= 4 is 15.8 Å². The molecule has 6 nitrogen and oxygen atoms in total. The number of imidazole rings is 1. The number of hydrogen-bond acceptors (Lipinski definition) is 5. The van der Waals surface area contributed by atoms with Crippen LogP contribution < -0.4 is 5.32 Å². The Morgan fingerprint density at radius 1 is 1.56 bits per heavy atom. The van der Waals surface area contributed by atoms with Crippen LogP contribution in [0.1, 0.15) is 12.6 Å². The molecule has 0 amide bonds. The van der Waals surface area contributed by atoms with E-state index in [-0.39, 0.29) is 11.8 Å². The van der Waals surface area contributed by atoms with Crippen molar-refractivity contribution < 1.29 is 13.2 Å². The molecule has 0 saturated heterocycles. The van der Waals surface area contributed by atoms with Crippen LogP contribution in [0.2, 0.25) is 0 Å². The van der Waals surface area contributed by atoms with Gasteiger partial charge in [0.15, 0.2) is 0 Å². The first-order chi connectivity index (χ1) is 8.31. The van der Waals surface area contributed by atoms with Crippen LogP contribution in [0, 0.1) is 6.92 Å². The molecule has 1 unspecified atom stereocenters. The van der Waals surface area contributed by atoms with E-state index in [0.29, 0.717) is 19.1 Å². The second-order valence-corrected chi connectivity index (χ2v) is 6.79. The Morgan fingerprint density at radius 3 is 2.78 bits per heavy atom. The average molecular weight is 275 g/mol. The minimum Gasteiger partial charge on any atom is -0.383 e. The van der Waals surface area contributed by atoms with Gasteiger partial charge in [-0.15, -0.1) is 0 Å². The van der Waals surface area contributed by atoms with Gasteiger partial charge < -0.3 is 14.6 Å². The number of aryl methyl sites for hydroxylation is 2. The highest BCUT2D eigenvalue weighted by Gasteiger charge is 2.11. The summed E-state index contributed by atoms with van der Waals surface area (Å²) in [5, 5.41) is 3.20. The quantitative estimate of drug-likeness (QED) is 0.792. The van der Waals surface area contributed by atoms with Gasteiger partial charge in [-0.25, -0.2) is 13.4 Å². The highest BCUT2D eigenvalue weighted by Crippen LogP contribution is 2.10. The number of methoxy groups -OCH3 is 1. The van der Waals surface area contributed by atoms with Gasteiger partial charge in [-0.05, 0) is 13.8 Å². The van der Waals surface area contributed by atoms with Crippen LogP contribution in [0.4, 0.5) is 5.95 Å². The number of nitrogens with one attached hydrogen (secondary N) is 1. The van der Waals surface area contributed by atoms with E-state index in [1.165, 1.54) is 6.26 Å². The van der Waals surface area contributed by atoms with E-state index in [0.717, 1.165) is 5.69 Å². The SMILES string of the molecule is COCC(C)Nc1nc(C)cn1CCS(C)(=O)=O. The lowest BCUT2D eigenvalue weighted by Crippen LogP contribution is -2.24. The predicted octanol–water partition coefficient (Wildman–Crippen LogP) is 0.683. The lowest BCUT2D eigenvalue weighted by Gasteiger charge is -2.14. The van der Waals surface area contributed by atoms with Gasteiger partial charge in [0.2, 0.25) is 5.95 Å². The Balaban J connectivity index is 2.73. The first-order valence-electron chi connectivity index (χ1n) is 5.79. The normalized spacial score (nSPS) is 13.6. The monoisotopic (exact) mass is 275 g/mol. The van der Waals surface area contributed by atoms with Crippen LogP contribution in [-0.2, 0) is 21.1 Å². The lowest BCUT2D eigenvalue weighted by atomic mass is 10.4. The Bertz CT molecular complexity index is 482. The molecule has 0 aliphatic rings. The van der Waals surface area contributed by atoms with Crippen molar-refractivity contribution in [3.8, 4) is 0 Å². The van der Waals surface area contributed by atoms with Gasteiger partial charge in [-0.1, -0.05) is 0 Å². The van der Waals surface area contributed by atoms with E-state index in [1.54, 1.807) is 7.11 Å². The first-order valence-corrected chi connectivity index (χ1v) is 7.85. The molecule has 104 valence electrons. The maximum absolute atomic E-state index is 11.2. The zero-order valence-corrected chi connectivity index (χ0v) is 12.1. The summed E-state index contributed by atoms with van der Waals surface area (Å²) in [6.45, 7) is 4.83. The molecule has 1 aromatic rings. The summed E-state index contributed by atoms with van der Waals surface area (Å²) in [5.74, 6) is 0.788. The maximum Gasteiger partial charge on any atom is 0.203 e. The van der Waals surface area contributed by atoms with Crippen LogP contribution in [-0.4, -0.2) is 49.7 Å². The molecule has 0 spiro atoms. The van der Waals surface area contributed by atoms with E-state index in [4.69, 9.17) is 4.74 Å². The third-order valence-corrected chi connectivity index (χ3v) is 3.32. The smallest absolute Gasteiger partial charge is 0.203 e. The number of aromatic nitrogens is 2. The van der Waals surface area contributed by atoms with Crippen LogP contribution in [0.3, 0.4) is 0 Å². The summed E-state index contributed by atoms with van der Waals surface area (Å²) in [7, 11) is -1.33. The van der Waals surface area contributed by atoms with Crippen molar-refractivity contribution in [1.82, 2.24) is 9.55 Å². The van der Waals surface area contributed by atoms with Crippen LogP contribution in [0.5, 0.6) is 0 Å². The van der Waals surface area contributed by atoms with E-state index in [1.807, 2.05) is 24.6 Å². The molecule has 1 heterocycles. The molecule has 0 saturated carbocycles. The number of ether oxygens (including phenoxy) is 1. The Kier molecular flexibility index (Phi) is 5.15. The van der Waals surface area contributed by atoms with E-state index >= 15 is 0 Å². The molecule has 18 heavy (non-hydrogen) atoms. The van der Waals surface area contributed by atoms with Gasteiger partial charge in [0.25, 0.3) is 0 Å². The number of anilines is 1. The highest BCUT2D eigenvalue weighted by atomic mass is 32.2. The van der Waals surface area contributed by atoms with Crippen molar-refractivity contribution in [2.24, 2.45) is 0 Å². The molecule has 0 aliphatic heterocycles. The first kappa shape index (κ1) is 15.0. The zero-order chi connectivity index (χ0) is 13.8. The second-order valence-electron chi connectivity index (χ2n) is 4.53. The van der Waals surface area contributed by atoms with E-state index < -0.39 is 9.84 Å². The molecular weight excluding hydrogens is 254 g/mol. The predicted molar refractivity (Wildman–Crippen MR) is 71.6 cm³/mol. The zero-order valence-electron chi connectivity index (χ0n) is 11.3. The third kappa shape index (κ3) is 5.05. The average Bonchev–Trinajstić information content (AvgIpc) is 2.55. The van der Waals surface area contributed by atoms with Gasteiger partial charge in [-0.2, -0.15) is 0 Å². The number of sulfone groups is 1. The topological polar surface area (TPSA) is 73.2 Å². The third-order valence-electron chi connectivity index (χ3n) is 2.39. The van der Waals surface area contributed by atoms with Gasteiger partial charge >= 0.3 is 0 Å². The highest BCUT2D eigenvalue weighted by molar-refractivity contribution is 7.90. The van der Waals surface area contributed by atoms with Gasteiger partial charge in [0, 0.05) is 32.1 Å². The summed E-state index contributed by atoms with van der Waals surface area (Å²) in [6, 6.07) is 0.119. The van der Waals surface area contributed by atoms with Crippen LogP contribution in [0.15, 0.2) is 6.20 Å². The molecule has 1 rings (SSSR count). The fourth-order valence-corrected chi connectivity index (χ4v) is 2.14. The molecule has 0 aliphatic carbocycles. The molecule has 7 heteroatoms. The Morgan fingerprint density at radius 2 is 2.22 bits per heavy atom. The molecular formula is C11H21N3O3S. The summed E-state index contributed by atoms with van der Waals surface area (Å²) in [4.78, 5) is 4.34. The Labute approximate surface area is 108 Å². The summed E-state index contributed by atoms with van der Waals surface area (Å²) in [6.07, 6.45) is 3.07. The lowest BCUT2D eigenvalue weighted by molar-refractivity contribution is 0.190. The minimum absolute atomic E-state index is 0.107. The van der Waals surface area contributed by atoms with E-state index in [2.05, 4.69) is 10.3 Å². The molecule has 1 aromatic heterocycles. The molecule has 1 N–H and O–H groups in total. The molecule has 0 fully saturated rings. The van der Waals surface area contributed by atoms with Crippen molar-refractivity contribution in [1.29, 1.82) is 0 Å². The van der Waals surface area contributed by atoms with Crippen LogP contribution in [0.25, 0.3) is 0 Å². The molecule has 0 radical (unpaired) electrons. The standard InChI is InChI=1S/C11H21N3O3S/c1-9-7-14(5-6-18(4,15)16)11(12-9)13-10(2)8-17-3/h7,10H,5-6,8H2,1-4H3,(H,12,13). The van der Waals surface area contributed by atoms with Crippen molar-refractivity contribution in [2.75, 3.05) is 31.0 Å². The van der Waals surface area contributed by atoms with Gasteiger partial charge in [0.05, 0.1) is 18.1 Å². The number of nitrogens with zero attached hydrogens (tertiary/aromatic N) is 2. The maximum atomic E-state index is 11.2. The fraction of sp³-hybridized carbons (Fsp3) is 0.727. The Hall–Kier alpha value is -1.08. The molecule has 1 atom stereocenters. The van der Waals surface area contributed by atoms with Crippen molar-refractivity contribution in [3.63, 3.8) is 0 Å². The summed E-state index contributed by atoms with van der Waals surface area (Å²) >= 11 is 0. The number of hydrogen-bond donors (Lipinski definition) is 1. The van der Waals surface area contributed by atoms with Crippen molar-refractivity contribution in [3.05, 3.63) is 11.9 Å². The van der Waals surface area contributed by atoms with Crippen molar-refractivity contribution in [2.45, 2.75) is 26.4 Å². The minimum atomic E-state index is -2.97. The van der Waals surface area contributed by atoms with Crippen LogP contribution >= 0.6 is 0 Å². The summed E-state index contributed by atoms with van der Waals surface area (Å²) in [5.41, 5.74) is 0.857. The largest absolute Gasteiger partial charge is 0.383 e.